The van der Waals surface area contributed by atoms with Crippen LogP contribution in [-0.2, 0) is 11.3 Å². The number of hydrogen-bond acceptors (Lipinski definition) is 4. The molecule has 5 N–H and O–H groups in total. The average Bonchev–Trinajstić information content (AvgIpc) is 2.58. The van der Waals surface area contributed by atoms with Gasteiger partial charge in [-0.05, 0) is 20.3 Å². The number of rotatable bonds is 5. The van der Waals surface area contributed by atoms with Crippen LogP contribution < -0.4 is 16.8 Å². The summed E-state index contributed by atoms with van der Waals surface area (Å²) < 4.78 is 1.30. The Morgan fingerprint density at radius 2 is 2.11 bits per heavy atom. The first-order valence-corrected chi connectivity index (χ1v) is 5.69. The molecule has 100 valence electrons. The lowest BCUT2D eigenvalue weighted by atomic mass is 10.0. The molecule has 0 aliphatic heterocycles. The summed E-state index contributed by atoms with van der Waals surface area (Å²) in [5.41, 5.74) is 10.5. The molecule has 0 fully saturated rings. The smallest absolute Gasteiger partial charge is 0.271 e. The van der Waals surface area contributed by atoms with Gasteiger partial charge in [0.2, 0.25) is 5.91 Å². The summed E-state index contributed by atoms with van der Waals surface area (Å²) in [6, 6.07) is 0. The number of nitrogens with two attached hydrogens (primary N) is 2. The lowest BCUT2D eigenvalue weighted by Gasteiger charge is -2.24. The third-order valence-corrected chi connectivity index (χ3v) is 2.69. The van der Waals surface area contributed by atoms with E-state index in [4.69, 9.17) is 11.5 Å². The Morgan fingerprint density at radius 1 is 1.50 bits per heavy atom. The van der Waals surface area contributed by atoms with Crippen molar-refractivity contribution in [1.29, 1.82) is 0 Å². The Hall–Kier alpha value is -2.05. The van der Waals surface area contributed by atoms with Crippen molar-refractivity contribution in [1.82, 2.24) is 15.1 Å². The SMILES string of the molecule is CCC(C)(C)NC(=O)Cn1cc(N)c(C(N)=O)n1. The summed E-state index contributed by atoms with van der Waals surface area (Å²) in [6.07, 6.45) is 2.23. The van der Waals surface area contributed by atoms with Crippen molar-refractivity contribution in [3.63, 3.8) is 0 Å². The number of carbonyl (C=O) groups excluding carboxylic acids is 2. The van der Waals surface area contributed by atoms with Crippen LogP contribution in [0.2, 0.25) is 0 Å². The molecule has 0 aromatic carbocycles. The molecule has 0 atom stereocenters. The fourth-order valence-corrected chi connectivity index (χ4v) is 1.36. The number of anilines is 1. The highest BCUT2D eigenvalue weighted by molar-refractivity contribution is 5.95. The van der Waals surface area contributed by atoms with Gasteiger partial charge >= 0.3 is 0 Å². The van der Waals surface area contributed by atoms with Crippen LogP contribution in [0.25, 0.3) is 0 Å². The van der Waals surface area contributed by atoms with Gasteiger partial charge in [-0.3, -0.25) is 14.3 Å². The van der Waals surface area contributed by atoms with Crippen molar-refractivity contribution in [2.24, 2.45) is 5.73 Å². The maximum Gasteiger partial charge on any atom is 0.271 e. The number of nitrogen functional groups attached to an aromatic ring is 1. The van der Waals surface area contributed by atoms with Gasteiger partial charge in [0.05, 0.1) is 5.69 Å². The van der Waals surface area contributed by atoms with E-state index in [1.54, 1.807) is 0 Å². The molecule has 0 aliphatic carbocycles. The fourth-order valence-electron chi connectivity index (χ4n) is 1.36. The lowest BCUT2D eigenvalue weighted by Crippen LogP contribution is -2.44. The number of primary amides is 1. The Morgan fingerprint density at radius 3 is 2.56 bits per heavy atom. The standard InChI is InChI=1S/C11H19N5O2/c1-4-11(2,3)14-8(17)6-16-5-7(12)9(15-16)10(13)18/h5H,4,6,12H2,1-3H3,(H2,13,18)(H,14,17). The molecule has 7 heteroatoms. The number of hydrogen-bond donors (Lipinski definition) is 3. The van der Waals surface area contributed by atoms with E-state index in [9.17, 15) is 9.59 Å². The molecule has 1 aromatic heterocycles. The molecular weight excluding hydrogens is 234 g/mol. The van der Waals surface area contributed by atoms with Crippen LogP contribution in [0.4, 0.5) is 5.69 Å². The first-order chi connectivity index (χ1) is 8.25. The second kappa shape index (κ2) is 5.07. The van der Waals surface area contributed by atoms with Crippen LogP contribution in [0.5, 0.6) is 0 Å². The summed E-state index contributed by atoms with van der Waals surface area (Å²) in [4.78, 5) is 22.7. The molecule has 1 aromatic rings. The second-order valence-corrected chi connectivity index (χ2v) is 4.78. The first-order valence-electron chi connectivity index (χ1n) is 5.69. The minimum Gasteiger partial charge on any atom is -0.396 e. The van der Waals surface area contributed by atoms with Gasteiger partial charge in [-0.15, -0.1) is 0 Å². The zero-order valence-corrected chi connectivity index (χ0v) is 10.9. The summed E-state index contributed by atoms with van der Waals surface area (Å²) in [7, 11) is 0. The number of nitrogens with one attached hydrogen (secondary N) is 1. The van der Waals surface area contributed by atoms with Crippen molar-refractivity contribution < 1.29 is 9.59 Å². The molecule has 0 aliphatic rings. The van der Waals surface area contributed by atoms with Gasteiger partial charge < -0.3 is 16.8 Å². The molecule has 7 nitrogen and oxygen atoms in total. The summed E-state index contributed by atoms with van der Waals surface area (Å²) in [5.74, 6) is -0.902. The minimum absolute atomic E-state index is 0.000903. The van der Waals surface area contributed by atoms with E-state index in [2.05, 4.69) is 10.4 Å². The number of amides is 2. The van der Waals surface area contributed by atoms with Crippen molar-refractivity contribution in [3.8, 4) is 0 Å². The highest BCUT2D eigenvalue weighted by Crippen LogP contribution is 2.09. The zero-order chi connectivity index (χ0) is 13.9. The van der Waals surface area contributed by atoms with Gasteiger partial charge in [0, 0.05) is 11.7 Å². The number of aromatic nitrogens is 2. The Labute approximate surface area is 106 Å². The van der Waals surface area contributed by atoms with Gasteiger partial charge in [0.25, 0.3) is 5.91 Å². The van der Waals surface area contributed by atoms with Gasteiger partial charge in [-0.2, -0.15) is 5.10 Å². The van der Waals surface area contributed by atoms with Gasteiger partial charge in [-0.1, -0.05) is 6.92 Å². The fraction of sp³-hybridized carbons (Fsp3) is 0.545. The van der Waals surface area contributed by atoms with E-state index in [1.165, 1.54) is 10.9 Å². The topological polar surface area (TPSA) is 116 Å². The average molecular weight is 253 g/mol. The van der Waals surface area contributed by atoms with E-state index in [-0.39, 0.29) is 29.4 Å². The van der Waals surface area contributed by atoms with E-state index in [0.717, 1.165) is 6.42 Å². The third kappa shape index (κ3) is 3.47. The molecule has 1 rings (SSSR count). The van der Waals surface area contributed by atoms with Crippen molar-refractivity contribution in [2.45, 2.75) is 39.3 Å². The Balaban J connectivity index is 2.71. The second-order valence-electron chi connectivity index (χ2n) is 4.78. The van der Waals surface area contributed by atoms with E-state index in [1.807, 2.05) is 20.8 Å². The van der Waals surface area contributed by atoms with E-state index >= 15 is 0 Å². The van der Waals surface area contributed by atoms with E-state index in [0.29, 0.717) is 0 Å². The van der Waals surface area contributed by atoms with Gasteiger partial charge in [0.1, 0.15) is 6.54 Å². The van der Waals surface area contributed by atoms with Crippen molar-refractivity contribution in [3.05, 3.63) is 11.9 Å². The highest BCUT2D eigenvalue weighted by Gasteiger charge is 2.19. The van der Waals surface area contributed by atoms with Crippen LogP contribution in [0, 0.1) is 0 Å². The normalized spacial score (nSPS) is 11.3. The number of nitrogens with zero attached hydrogens (tertiary/aromatic N) is 2. The molecule has 18 heavy (non-hydrogen) atoms. The quantitative estimate of drug-likeness (QED) is 0.677. The molecular formula is C11H19N5O2. The van der Waals surface area contributed by atoms with Crippen LogP contribution in [0.15, 0.2) is 6.20 Å². The Bertz CT molecular complexity index is 464. The summed E-state index contributed by atoms with van der Waals surface area (Å²) in [5, 5.41) is 6.72. The third-order valence-electron chi connectivity index (χ3n) is 2.69. The van der Waals surface area contributed by atoms with Crippen LogP contribution in [-0.4, -0.2) is 27.1 Å². The maximum absolute atomic E-state index is 11.7. The van der Waals surface area contributed by atoms with Crippen molar-refractivity contribution >= 4 is 17.5 Å². The highest BCUT2D eigenvalue weighted by atomic mass is 16.2. The molecule has 2 amide bonds. The zero-order valence-electron chi connectivity index (χ0n) is 10.9. The molecule has 0 unspecified atom stereocenters. The molecule has 0 bridgehead atoms. The van der Waals surface area contributed by atoms with E-state index < -0.39 is 5.91 Å². The monoisotopic (exact) mass is 253 g/mol. The van der Waals surface area contributed by atoms with Gasteiger partial charge in [0.15, 0.2) is 5.69 Å². The van der Waals surface area contributed by atoms with Crippen molar-refractivity contribution in [2.75, 3.05) is 5.73 Å². The molecule has 0 saturated heterocycles. The summed E-state index contributed by atoms with van der Waals surface area (Å²) in [6.45, 7) is 5.84. The lowest BCUT2D eigenvalue weighted by molar-refractivity contribution is -0.123. The van der Waals surface area contributed by atoms with Gasteiger partial charge in [-0.25, -0.2) is 0 Å². The predicted molar refractivity (Wildman–Crippen MR) is 67.7 cm³/mol. The predicted octanol–water partition coefficient (Wildman–Crippen LogP) is -0.131. The maximum atomic E-state index is 11.7. The Kier molecular flexibility index (Phi) is 3.95. The largest absolute Gasteiger partial charge is 0.396 e. The number of carbonyl (C=O) groups is 2. The van der Waals surface area contributed by atoms with Crippen LogP contribution in [0.1, 0.15) is 37.7 Å². The molecule has 1 heterocycles. The van der Waals surface area contributed by atoms with Crippen LogP contribution >= 0.6 is 0 Å². The first kappa shape index (κ1) is 14.0. The van der Waals surface area contributed by atoms with Crippen LogP contribution in [0.3, 0.4) is 0 Å². The molecule has 0 saturated carbocycles. The molecule has 0 spiro atoms. The molecule has 0 radical (unpaired) electrons. The summed E-state index contributed by atoms with van der Waals surface area (Å²) >= 11 is 0. The minimum atomic E-state index is -0.708.